The fourth-order valence-electron chi connectivity index (χ4n) is 6.26. The number of phosphoric ester groups is 2. The van der Waals surface area contributed by atoms with Crippen LogP contribution in [0.15, 0.2) is 66.6 Å². The lowest BCUT2D eigenvalue weighted by atomic mass is 10.1. The number of fused-ring (bicyclic) bond motifs is 1. The van der Waals surface area contributed by atoms with Crippen molar-refractivity contribution >= 4 is 61.9 Å². The second-order valence-electron chi connectivity index (χ2n) is 13.5. The smallest absolute Gasteiger partial charge is 0.472 e. The predicted molar refractivity (Wildman–Crippen MR) is 209 cm³/mol. The Labute approximate surface area is 354 Å². The number of nitrogen functional groups attached to an aromatic ring is 2. The summed E-state index contributed by atoms with van der Waals surface area (Å²) in [5.41, 5.74) is 10.6. The summed E-state index contributed by atoms with van der Waals surface area (Å²) in [6.07, 6.45) is -9.04. The van der Waals surface area contributed by atoms with Gasteiger partial charge >= 0.3 is 27.3 Å². The molecule has 0 spiro atoms. The van der Waals surface area contributed by atoms with E-state index < -0.39 is 108 Å². The number of allylic oxidation sites excluding steroid dienone is 1. The average Bonchev–Trinajstić information content (AvgIpc) is 3.87. The molecular formula is C33H40ClN9O17P2. The molecule has 1 amide bonds. The number of phosphoric acid groups is 2. The van der Waals surface area contributed by atoms with Crippen LogP contribution in [0.3, 0.4) is 0 Å². The summed E-state index contributed by atoms with van der Waals surface area (Å²) < 4.78 is 65.0. The van der Waals surface area contributed by atoms with E-state index in [0.29, 0.717) is 5.02 Å². The van der Waals surface area contributed by atoms with E-state index in [0.717, 1.165) is 17.1 Å². The van der Waals surface area contributed by atoms with Crippen molar-refractivity contribution in [1.82, 2.24) is 34.4 Å². The number of aliphatic hydroxyl groups excluding tert-OH is 2. The van der Waals surface area contributed by atoms with E-state index in [-0.39, 0.29) is 41.4 Å². The van der Waals surface area contributed by atoms with Crippen molar-refractivity contribution in [3.05, 3.63) is 77.3 Å². The van der Waals surface area contributed by atoms with Crippen molar-refractivity contribution in [2.45, 2.75) is 68.0 Å². The number of aromatic nitrogens is 6. The van der Waals surface area contributed by atoms with Crippen LogP contribution < -0.4 is 27.2 Å². The summed E-state index contributed by atoms with van der Waals surface area (Å²) in [5, 5.41) is 25.6. The molecule has 3 aromatic heterocycles. The minimum atomic E-state index is -5.44. The number of halogens is 1. The Hall–Kier alpha value is -4.92. The van der Waals surface area contributed by atoms with Crippen LogP contribution in [0.1, 0.15) is 25.3 Å². The number of aliphatic hydroxyl groups is 2. The first-order valence-electron chi connectivity index (χ1n) is 18.1. The van der Waals surface area contributed by atoms with Crippen molar-refractivity contribution in [3.8, 4) is 5.75 Å². The highest BCUT2D eigenvalue weighted by Gasteiger charge is 2.52. The molecule has 62 heavy (non-hydrogen) atoms. The number of carbonyl (C=O) groups is 2. The Bertz CT molecular complexity index is 2420. The number of hydrogen-bond donors (Lipinski definition) is 8. The molecule has 1 aromatic carbocycles. The van der Waals surface area contributed by atoms with Crippen molar-refractivity contribution in [1.29, 1.82) is 0 Å². The Kier molecular flexibility index (Phi) is 14.8. The maximum Gasteiger partial charge on any atom is 0.472 e. The molecule has 29 heteroatoms. The summed E-state index contributed by atoms with van der Waals surface area (Å²) in [4.78, 5) is 84.4. The average molecular weight is 932 g/mol. The van der Waals surface area contributed by atoms with Gasteiger partial charge in [0.1, 0.15) is 60.5 Å². The molecule has 10 atom stereocenters. The first-order valence-corrected chi connectivity index (χ1v) is 21.5. The van der Waals surface area contributed by atoms with Gasteiger partial charge in [0.15, 0.2) is 36.1 Å². The fourth-order valence-corrected chi connectivity index (χ4v) is 7.75. The van der Waals surface area contributed by atoms with Gasteiger partial charge in [-0.25, -0.2) is 33.7 Å². The molecule has 10 N–H and O–H groups in total. The molecule has 6 rings (SSSR count). The zero-order chi connectivity index (χ0) is 44.9. The number of rotatable bonds is 19. The highest BCUT2D eigenvalue weighted by molar-refractivity contribution is 7.47. The van der Waals surface area contributed by atoms with Crippen molar-refractivity contribution in [2.75, 3.05) is 31.3 Å². The number of benzene rings is 1. The van der Waals surface area contributed by atoms with E-state index in [9.17, 15) is 48.4 Å². The van der Waals surface area contributed by atoms with Gasteiger partial charge in [-0.1, -0.05) is 23.7 Å². The molecule has 4 aromatic rings. The molecule has 336 valence electrons. The first kappa shape index (κ1) is 46.6. The van der Waals surface area contributed by atoms with Crippen LogP contribution in [-0.4, -0.2) is 128 Å². The third-order valence-corrected chi connectivity index (χ3v) is 10.8. The Morgan fingerprint density at radius 1 is 1.00 bits per heavy atom. The van der Waals surface area contributed by atoms with Crippen LogP contribution in [0.5, 0.6) is 5.75 Å². The monoisotopic (exact) mass is 931 g/mol. The van der Waals surface area contributed by atoms with Gasteiger partial charge in [-0.3, -0.25) is 27.5 Å². The molecule has 2 aliphatic heterocycles. The first-order chi connectivity index (χ1) is 29.3. The summed E-state index contributed by atoms with van der Waals surface area (Å²) in [7, 11) is -10.6. The number of imidazole rings is 1. The van der Waals surface area contributed by atoms with Gasteiger partial charge in [-0.05, 0) is 30.7 Å². The Morgan fingerprint density at radius 2 is 1.69 bits per heavy atom. The van der Waals surface area contributed by atoms with Crippen molar-refractivity contribution in [2.24, 2.45) is 0 Å². The van der Waals surface area contributed by atoms with Gasteiger partial charge in [0.2, 0.25) is 5.91 Å². The number of nitrogens with two attached hydrogens (primary N) is 2. The number of anilines is 2. The topological polar surface area (TPSA) is 377 Å². The van der Waals surface area contributed by atoms with E-state index in [4.69, 9.17) is 51.1 Å². The van der Waals surface area contributed by atoms with Gasteiger partial charge < -0.3 is 60.6 Å². The zero-order valence-corrected chi connectivity index (χ0v) is 34.4. The van der Waals surface area contributed by atoms with Gasteiger partial charge in [0, 0.05) is 17.6 Å². The maximum atomic E-state index is 13.9. The van der Waals surface area contributed by atoms with Crippen LogP contribution in [-0.2, 0) is 46.5 Å². The predicted octanol–water partition coefficient (Wildman–Crippen LogP) is -0.529. The quantitative estimate of drug-likeness (QED) is 0.0333. The van der Waals surface area contributed by atoms with Crippen molar-refractivity contribution < 1.29 is 76.1 Å². The highest BCUT2D eigenvalue weighted by atomic mass is 35.5. The summed E-state index contributed by atoms with van der Waals surface area (Å²) in [6.45, 7) is 1.05. The molecule has 5 heterocycles. The second kappa shape index (κ2) is 19.6. The number of hydrogen-bond acceptors (Lipinski definition) is 20. The molecule has 2 saturated heterocycles. The van der Waals surface area contributed by atoms with E-state index in [1.54, 1.807) is 18.2 Å². The minimum absolute atomic E-state index is 0.0282. The number of nitrogens with one attached hydrogen (secondary N) is 1. The fraction of sp³-hybridized carbons (Fsp3) is 0.424. The van der Waals surface area contributed by atoms with E-state index in [2.05, 4.69) is 36.4 Å². The molecule has 2 aliphatic rings. The van der Waals surface area contributed by atoms with Crippen LogP contribution >= 0.6 is 27.2 Å². The van der Waals surface area contributed by atoms with Gasteiger partial charge in [-0.2, -0.15) is 4.98 Å². The minimum Gasteiger partial charge on any atom is -0.491 e. The highest BCUT2D eigenvalue weighted by Crippen LogP contribution is 2.50. The molecule has 0 bridgehead atoms. The lowest BCUT2D eigenvalue weighted by Gasteiger charge is -2.26. The number of nitrogens with zero attached hydrogens (tertiary/aromatic N) is 6. The molecule has 1 unspecified atom stereocenters. The molecule has 0 aliphatic carbocycles. The lowest BCUT2D eigenvalue weighted by molar-refractivity contribution is -0.161. The van der Waals surface area contributed by atoms with Crippen LogP contribution in [0.4, 0.5) is 11.6 Å². The molecular weight excluding hydrogens is 892 g/mol. The van der Waals surface area contributed by atoms with Crippen LogP contribution in [0.25, 0.3) is 11.2 Å². The normalized spacial score (nSPS) is 25.3. The molecule has 2 fully saturated rings. The lowest BCUT2D eigenvalue weighted by Crippen LogP contribution is -2.49. The summed E-state index contributed by atoms with van der Waals surface area (Å²) in [5.74, 6) is -1.74. The molecule has 0 saturated carbocycles. The largest absolute Gasteiger partial charge is 0.491 e. The van der Waals surface area contributed by atoms with Gasteiger partial charge in [0.05, 0.1) is 19.5 Å². The van der Waals surface area contributed by atoms with E-state index in [1.165, 1.54) is 29.1 Å². The third-order valence-electron chi connectivity index (χ3n) is 9.13. The number of ether oxygens (including phenoxy) is 4. The van der Waals surface area contributed by atoms with E-state index >= 15 is 0 Å². The van der Waals surface area contributed by atoms with Gasteiger partial charge in [-0.15, -0.1) is 6.58 Å². The van der Waals surface area contributed by atoms with E-state index in [1.807, 2.05) is 0 Å². The number of carbonyl (C=O) groups excluding carboxylic acids is 2. The van der Waals surface area contributed by atoms with Crippen LogP contribution in [0.2, 0.25) is 5.02 Å². The number of amides is 1. The molecule has 26 nitrogen and oxygen atoms in total. The third kappa shape index (κ3) is 11.4. The summed E-state index contributed by atoms with van der Waals surface area (Å²) >= 11 is 6.06. The Morgan fingerprint density at radius 3 is 2.39 bits per heavy atom. The van der Waals surface area contributed by atoms with Gasteiger partial charge in [0.25, 0.3) is 0 Å². The molecule has 0 radical (unpaired) electrons. The summed E-state index contributed by atoms with van der Waals surface area (Å²) in [6, 6.07) is 5.81. The van der Waals surface area contributed by atoms with Crippen molar-refractivity contribution in [3.63, 3.8) is 0 Å². The Balaban J connectivity index is 1.25. The zero-order valence-electron chi connectivity index (χ0n) is 31.9. The number of esters is 1. The standard InChI is InChI=1S/C33H40ClN9O17P2/c1-2-3-7-22(44)40-18(11-54-17-6-4-5-16(34)10-17)32(47)59-26-19(57-31(24(26)45)43-15-39-23-28(36)37-14-38-29(23)43)13-56-62(52,53)60-27-20(12-55-61(49,50)51)58-30(25(27)46)42-9-8-21(35)41-33(42)48/h2,4-6,8-10,14-15,18-20,24-27,30-31,45-46H,1,3,7,11-13H2,(H,40,44)(H,52,53)(H2,35,41,48)(H2,36,37,38)(H2,49,50,51)/t18-,19+,20+,24+,25+,26+,27+,30+,31+/m0/s1. The maximum absolute atomic E-state index is 13.9. The SMILES string of the molecule is C=CCCC(=O)N[C@@H](COc1cccc(Cl)c1)C(=O)O[C@H]1[C@@H](O)[C@H](n2cnc3c(N)ncnc32)O[C@@H]1COP(=O)(O)O[C@H]1[C@@H](O)[C@H](n2ccc(N)nc2=O)O[C@@H]1COP(=O)(O)O. The van der Waals surface area contributed by atoms with Crippen LogP contribution in [0, 0.1) is 0 Å². The second-order valence-corrected chi connectivity index (χ2v) is 16.6.